The second-order valence-corrected chi connectivity index (χ2v) is 9.75. The third-order valence-corrected chi connectivity index (χ3v) is 7.55. The molecule has 172 valence electrons. The SMILES string of the molecule is Cc1ccc(NCC(=O)Nc2ccc(-c3ccccc3)cc2)cc1S(=O)(=O)N1CCOCC1. The Hall–Kier alpha value is -3.20. The van der Waals surface area contributed by atoms with E-state index in [1.165, 1.54) is 4.31 Å². The number of rotatable bonds is 7. The highest BCUT2D eigenvalue weighted by Crippen LogP contribution is 2.25. The molecule has 0 bridgehead atoms. The molecular formula is C25H27N3O4S. The van der Waals surface area contributed by atoms with E-state index in [9.17, 15) is 13.2 Å². The van der Waals surface area contributed by atoms with Gasteiger partial charge in [-0.3, -0.25) is 4.79 Å². The molecular weight excluding hydrogens is 438 g/mol. The van der Waals surface area contributed by atoms with E-state index < -0.39 is 10.0 Å². The lowest BCUT2D eigenvalue weighted by molar-refractivity contribution is -0.114. The van der Waals surface area contributed by atoms with E-state index in [4.69, 9.17) is 4.74 Å². The Balaban J connectivity index is 1.38. The highest BCUT2D eigenvalue weighted by molar-refractivity contribution is 7.89. The Morgan fingerprint density at radius 2 is 1.55 bits per heavy atom. The molecule has 3 aromatic carbocycles. The van der Waals surface area contributed by atoms with Crippen LogP contribution in [0.2, 0.25) is 0 Å². The maximum atomic E-state index is 13.0. The van der Waals surface area contributed by atoms with Gasteiger partial charge in [0.1, 0.15) is 0 Å². The highest BCUT2D eigenvalue weighted by Gasteiger charge is 2.27. The number of hydrogen-bond acceptors (Lipinski definition) is 5. The fourth-order valence-corrected chi connectivity index (χ4v) is 5.34. The van der Waals surface area contributed by atoms with Crippen molar-refractivity contribution < 1.29 is 17.9 Å². The smallest absolute Gasteiger partial charge is 0.243 e. The summed E-state index contributed by atoms with van der Waals surface area (Å²) in [5.74, 6) is -0.222. The van der Waals surface area contributed by atoms with Crippen LogP contribution in [-0.4, -0.2) is 51.5 Å². The minimum Gasteiger partial charge on any atom is -0.379 e. The average molecular weight is 466 g/mol. The fourth-order valence-electron chi connectivity index (χ4n) is 3.68. The summed E-state index contributed by atoms with van der Waals surface area (Å²) < 4.78 is 32.8. The van der Waals surface area contributed by atoms with Crippen molar-refractivity contribution in [3.8, 4) is 11.1 Å². The van der Waals surface area contributed by atoms with Crippen LogP contribution in [0.15, 0.2) is 77.7 Å². The molecule has 0 atom stereocenters. The van der Waals surface area contributed by atoms with Crippen LogP contribution in [0.4, 0.5) is 11.4 Å². The van der Waals surface area contributed by atoms with Crippen molar-refractivity contribution in [3.63, 3.8) is 0 Å². The molecule has 0 radical (unpaired) electrons. The number of benzene rings is 3. The van der Waals surface area contributed by atoms with Crippen molar-refractivity contribution in [2.24, 2.45) is 0 Å². The zero-order chi connectivity index (χ0) is 23.3. The molecule has 0 aromatic heterocycles. The second-order valence-electron chi connectivity index (χ2n) is 7.84. The number of ether oxygens (including phenoxy) is 1. The van der Waals surface area contributed by atoms with E-state index in [1.54, 1.807) is 25.1 Å². The molecule has 1 aliphatic heterocycles. The number of nitrogens with zero attached hydrogens (tertiary/aromatic N) is 1. The van der Waals surface area contributed by atoms with Gasteiger partial charge in [-0.25, -0.2) is 8.42 Å². The van der Waals surface area contributed by atoms with Crippen LogP contribution in [0.25, 0.3) is 11.1 Å². The van der Waals surface area contributed by atoms with Crippen molar-refractivity contribution in [2.75, 3.05) is 43.5 Å². The number of anilines is 2. The summed E-state index contributed by atoms with van der Waals surface area (Å²) >= 11 is 0. The minimum atomic E-state index is -3.62. The molecule has 1 saturated heterocycles. The van der Waals surface area contributed by atoms with Crippen molar-refractivity contribution in [1.29, 1.82) is 0 Å². The van der Waals surface area contributed by atoms with Crippen LogP contribution in [0.1, 0.15) is 5.56 Å². The minimum absolute atomic E-state index is 0.0144. The van der Waals surface area contributed by atoms with Gasteiger partial charge < -0.3 is 15.4 Å². The van der Waals surface area contributed by atoms with Gasteiger partial charge in [0.05, 0.1) is 24.7 Å². The Morgan fingerprint density at radius 3 is 2.24 bits per heavy atom. The first-order valence-corrected chi connectivity index (χ1v) is 12.3. The van der Waals surface area contributed by atoms with Crippen LogP contribution in [0.3, 0.4) is 0 Å². The van der Waals surface area contributed by atoms with Crippen LogP contribution in [-0.2, 0) is 19.6 Å². The summed E-state index contributed by atoms with van der Waals surface area (Å²) in [4.78, 5) is 12.7. The van der Waals surface area contributed by atoms with Crippen molar-refractivity contribution in [3.05, 3.63) is 78.4 Å². The number of sulfonamides is 1. The molecule has 0 unspecified atom stereocenters. The lowest BCUT2D eigenvalue weighted by Gasteiger charge is -2.27. The zero-order valence-corrected chi connectivity index (χ0v) is 19.3. The first kappa shape index (κ1) is 23.0. The maximum absolute atomic E-state index is 13.0. The Kier molecular flexibility index (Phi) is 7.08. The number of nitrogens with one attached hydrogen (secondary N) is 2. The first-order valence-electron chi connectivity index (χ1n) is 10.8. The topological polar surface area (TPSA) is 87.7 Å². The molecule has 4 rings (SSSR count). The van der Waals surface area contributed by atoms with Gasteiger partial charge in [-0.15, -0.1) is 0 Å². The van der Waals surface area contributed by atoms with Gasteiger partial charge in [-0.2, -0.15) is 4.31 Å². The molecule has 2 N–H and O–H groups in total. The standard InChI is InChI=1S/C25H27N3O4S/c1-19-7-10-23(17-24(19)33(30,31)28-13-15-32-16-14-28)26-18-25(29)27-22-11-8-21(9-12-22)20-5-3-2-4-6-20/h2-12,17,26H,13-16,18H2,1H3,(H,27,29). The number of carbonyl (C=O) groups is 1. The van der Waals surface area contributed by atoms with E-state index >= 15 is 0 Å². The lowest BCUT2D eigenvalue weighted by Crippen LogP contribution is -2.40. The van der Waals surface area contributed by atoms with Crippen molar-refractivity contribution >= 4 is 27.3 Å². The molecule has 0 spiro atoms. The van der Waals surface area contributed by atoms with E-state index in [-0.39, 0.29) is 17.3 Å². The van der Waals surface area contributed by atoms with E-state index in [2.05, 4.69) is 10.6 Å². The third-order valence-electron chi connectivity index (χ3n) is 5.50. The largest absolute Gasteiger partial charge is 0.379 e. The van der Waals surface area contributed by atoms with Gasteiger partial charge >= 0.3 is 0 Å². The van der Waals surface area contributed by atoms with Gasteiger partial charge in [0.2, 0.25) is 15.9 Å². The number of amides is 1. The summed E-state index contributed by atoms with van der Waals surface area (Å²) in [5, 5.41) is 5.88. The van der Waals surface area contributed by atoms with Gasteiger partial charge in [-0.1, -0.05) is 48.5 Å². The number of carbonyl (C=O) groups excluding carboxylic acids is 1. The predicted molar refractivity (Wildman–Crippen MR) is 130 cm³/mol. The van der Waals surface area contributed by atoms with Crippen LogP contribution in [0, 0.1) is 6.92 Å². The number of hydrogen-bond donors (Lipinski definition) is 2. The van der Waals surface area contributed by atoms with E-state index in [1.807, 2.05) is 54.6 Å². The Bertz CT molecular complexity index is 1210. The van der Waals surface area contributed by atoms with Crippen LogP contribution < -0.4 is 10.6 Å². The van der Waals surface area contributed by atoms with Gasteiger partial charge in [-0.05, 0) is 47.9 Å². The molecule has 1 fully saturated rings. The van der Waals surface area contributed by atoms with Crippen molar-refractivity contribution in [2.45, 2.75) is 11.8 Å². The Labute approximate surface area is 194 Å². The normalized spacial score (nSPS) is 14.6. The summed E-state index contributed by atoms with van der Waals surface area (Å²) in [6.45, 7) is 3.24. The second kappa shape index (κ2) is 10.2. The fraction of sp³-hybridized carbons (Fsp3) is 0.240. The van der Waals surface area contributed by atoms with Gasteiger partial charge in [0, 0.05) is 24.5 Å². The first-order chi connectivity index (χ1) is 15.9. The molecule has 7 nitrogen and oxygen atoms in total. The molecule has 33 heavy (non-hydrogen) atoms. The monoisotopic (exact) mass is 465 g/mol. The molecule has 8 heteroatoms. The molecule has 0 aliphatic carbocycles. The molecule has 0 saturated carbocycles. The molecule has 3 aromatic rings. The lowest BCUT2D eigenvalue weighted by atomic mass is 10.1. The number of aryl methyl sites for hydroxylation is 1. The maximum Gasteiger partial charge on any atom is 0.243 e. The quantitative estimate of drug-likeness (QED) is 0.555. The van der Waals surface area contributed by atoms with Crippen LogP contribution >= 0.6 is 0 Å². The van der Waals surface area contributed by atoms with Crippen molar-refractivity contribution in [1.82, 2.24) is 4.31 Å². The van der Waals surface area contributed by atoms with Gasteiger partial charge in [0.15, 0.2) is 0 Å². The summed E-state index contributed by atoms with van der Waals surface area (Å²) in [7, 11) is -3.62. The predicted octanol–water partition coefficient (Wildman–Crippen LogP) is 3.73. The zero-order valence-electron chi connectivity index (χ0n) is 18.5. The van der Waals surface area contributed by atoms with E-state index in [0.717, 1.165) is 11.1 Å². The summed E-state index contributed by atoms with van der Waals surface area (Å²) in [5.41, 5.74) is 4.11. The highest BCUT2D eigenvalue weighted by atomic mass is 32.2. The third kappa shape index (κ3) is 5.60. The molecule has 1 heterocycles. The number of morpholine rings is 1. The molecule has 1 aliphatic rings. The summed E-state index contributed by atoms with van der Waals surface area (Å²) in [6.07, 6.45) is 0. The van der Waals surface area contributed by atoms with Gasteiger partial charge in [0.25, 0.3) is 0 Å². The summed E-state index contributed by atoms with van der Waals surface area (Å²) in [6, 6.07) is 22.8. The molecule has 1 amide bonds. The average Bonchev–Trinajstić information content (AvgIpc) is 2.85. The van der Waals surface area contributed by atoms with Crippen LogP contribution in [0.5, 0.6) is 0 Å². The Morgan fingerprint density at radius 1 is 0.909 bits per heavy atom. The van der Waals surface area contributed by atoms with E-state index in [0.29, 0.717) is 43.2 Å².